The van der Waals surface area contributed by atoms with Crippen molar-refractivity contribution >= 4 is 17.3 Å². The highest BCUT2D eigenvalue weighted by atomic mass is 16.1. The summed E-state index contributed by atoms with van der Waals surface area (Å²) in [6.45, 7) is 0. The summed E-state index contributed by atoms with van der Waals surface area (Å²) in [5, 5.41) is 0. The Morgan fingerprint density at radius 1 is 1.27 bits per heavy atom. The van der Waals surface area contributed by atoms with Crippen LogP contribution in [0.25, 0.3) is 11.0 Å². The van der Waals surface area contributed by atoms with E-state index in [1.54, 1.807) is 6.20 Å². The van der Waals surface area contributed by atoms with Crippen LogP contribution in [0, 0.1) is 11.8 Å². The number of aldehydes is 1. The van der Waals surface area contributed by atoms with Crippen LogP contribution in [-0.4, -0.2) is 16.3 Å². The molecule has 0 aliphatic carbocycles. The van der Waals surface area contributed by atoms with Crippen LogP contribution >= 0.6 is 0 Å². The molecule has 72 valence electrons. The first-order valence-corrected chi connectivity index (χ1v) is 4.54. The van der Waals surface area contributed by atoms with E-state index in [9.17, 15) is 4.79 Å². The first-order chi connectivity index (χ1) is 7.40. The summed E-state index contributed by atoms with van der Waals surface area (Å²) < 4.78 is 0. The SMILES string of the molecule is O=CCC#Cc1cnc2ccccc2n1. The largest absolute Gasteiger partial charge is 0.302 e. The van der Waals surface area contributed by atoms with E-state index in [-0.39, 0.29) is 6.42 Å². The number of carbonyl (C=O) groups is 1. The topological polar surface area (TPSA) is 42.9 Å². The highest BCUT2D eigenvalue weighted by molar-refractivity contribution is 5.74. The van der Waals surface area contributed by atoms with Crippen LogP contribution < -0.4 is 0 Å². The maximum absolute atomic E-state index is 10.1. The number of carbonyl (C=O) groups excluding carboxylic acids is 1. The number of nitrogens with zero attached hydrogens (tertiary/aromatic N) is 2. The fraction of sp³-hybridized carbons (Fsp3) is 0.0833. The van der Waals surface area contributed by atoms with Gasteiger partial charge >= 0.3 is 0 Å². The molecule has 0 unspecified atom stereocenters. The third kappa shape index (κ3) is 2.18. The molecule has 1 aromatic carbocycles. The number of fused-ring (bicyclic) bond motifs is 1. The van der Waals surface area contributed by atoms with Crippen molar-refractivity contribution in [1.29, 1.82) is 0 Å². The maximum Gasteiger partial charge on any atom is 0.132 e. The van der Waals surface area contributed by atoms with E-state index in [0.29, 0.717) is 5.69 Å². The summed E-state index contributed by atoms with van der Waals surface area (Å²) >= 11 is 0. The van der Waals surface area contributed by atoms with Crippen LogP contribution in [0.4, 0.5) is 0 Å². The molecule has 2 aromatic rings. The van der Waals surface area contributed by atoms with Crippen molar-refractivity contribution in [2.45, 2.75) is 6.42 Å². The molecule has 0 spiro atoms. The summed E-state index contributed by atoms with van der Waals surface area (Å²) in [6.07, 6.45) is 2.61. The van der Waals surface area contributed by atoms with E-state index in [4.69, 9.17) is 0 Å². The standard InChI is InChI=1S/C12H8N2O/c15-8-4-3-5-10-9-13-11-6-1-2-7-12(11)14-10/h1-2,6-9H,4H2. The van der Waals surface area contributed by atoms with E-state index in [1.807, 2.05) is 24.3 Å². The zero-order valence-electron chi connectivity index (χ0n) is 7.97. The lowest BCUT2D eigenvalue weighted by Gasteiger charge is -1.95. The quantitative estimate of drug-likeness (QED) is 0.513. The van der Waals surface area contributed by atoms with Gasteiger partial charge in [-0.05, 0) is 18.1 Å². The minimum Gasteiger partial charge on any atom is -0.302 e. The molecule has 3 nitrogen and oxygen atoms in total. The number of hydrogen-bond acceptors (Lipinski definition) is 3. The average Bonchev–Trinajstić information content (AvgIpc) is 2.29. The number of para-hydroxylation sites is 2. The van der Waals surface area contributed by atoms with Gasteiger partial charge in [0.2, 0.25) is 0 Å². The van der Waals surface area contributed by atoms with E-state index in [0.717, 1.165) is 17.3 Å². The monoisotopic (exact) mass is 196 g/mol. The van der Waals surface area contributed by atoms with E-state index in [2.05, 4.69) is 21.8 Å². The van der Waals surface area contributed by atoms with Crippen LogP contribution in [0.1, 0.15) is 12.1 Å². The lowest BCUT2D eigenvalue weighted by molar-refractivity contribution is -0.107. The molecule has 3 heteroatoms. The van der Waals surface area contributed by atoms with E-state index in [1.165, 1.54) is 0 Å². The summed E-state index contributed by atoms with van der Waals surface area (Å²) in [7, 11) is 0. The highest BCUT2D eigenvalue weighted by Gasteiger charge is 1.95. The molecule has 0 saturated carbocycles. The Labute approximate surface area is 87.2 Å². The lowest BCUT2D eigenvalue weighted by atomic mass is 10.3. The Morgan fingerprint density at radius 3 is 2.87 bits per heavy atom. The van der Waals surface area contributed by atoms with Gasteiger partial charge in [-0.25, -0.2) is 4.98 Å². The average molecular weight is 196 g/mol. The number of aromatic nitrogens is 2. The van der Waals surface area contributed by atoms with E-state index >= 15 is 0 Å². The molecular weight excluding hydrogens is 188 g/mol. The van der Waals surface area contributed by atoms with Crippen molar-refractivity contribution in [3.05, 3.63) is 36.2 Å². The second-order valence-corrected chi connectivity index (χ2v) is 2.92. The first-order valence-electron chi connectivity index (χ1n) is 4.54. The lowest BCUT2D eigenvalue weighted by Crippen LogP contribution is -1.87. The van der Waals surface area contributed by atoms with Crippen LogP contribution in [0.5, 0.6) is 0 Å². The molecule has 0 bridgehead atoms. The minimum atomic E-state index is 0.231. The van der Waals surface area contributed by atoms with Crippen LogP contribution in [0.3, 0.4) is 0 Å². The normalized spacial score (nSPS) is 9.33. The Morgan fingerprint density at radius 2 is 2.07 bits per heavy atom. The fourth-order valence-electron chi connectivity index (χ4n) is 1.20. The van der Waals surface area contributed by atoms with Gasteiger partial charge in [-0.15, -0.1) is 0 Å². The molecule has 0 saturated heterocycles. The second-order valence-electron chi connectivity index (χ2n) is 2.92. The molecule has 0 atom stereocenters. The van der Waals surface area contributed by atoms with Gasteiger partial charge in [-0.2, -0.15) is 0 Å². The molecule has 2 rings (SSSR count). The molecule has 0 amide bonds. The zero-order valence-corrected chi connectivity index (χ0v) is 7.97. The van der Waals surface area contributed by atoms with E-state index < -0.39 is 0 Å². The van der Waals surface area contributed by atoms with Crippen molar-refractivity contribution in [2.24, 2.45) is 0 Å². The fourth-order valence-corrected chi connectivity index (χ4v) is 1.20. The van der Waals surface area contributed by atoms with Crippen molar-refractivity contribution in [3.63, 3.8) is 0 Å². The first kappa shape index (κ1) is 9.35. The van der Waals surface area contributed by atoms with Gasteiger partial charge in [0.05, 0.1) is 23.7 Å². The molecular formula is C12H8N2O. The third-order valence-electron chi connectivity index (χ3n) is 1.85. The van der Waals surface area contributed by atoms with Crippen LogP contribution in [0.15, 0.2) is 30.5 Å². The molecule has 0 N–H and O–H groups in total. The molecule has 0 aliphatic heterocycles. The summed E-state index contributed by atoms with van der Waals surface area (Å²) in [4.78, 5) is 18.6. The second kappa shape index (κ2) is 4.34. The van der Waals surface area contributed by atoms with Gasteiger partial charge in [0.1, 0.15) is 12.0 Å². The van der Waals surface area contributed by atoms with Gasteiger partial charge in [0.25, 0.3) is 0 Å². The summed E-state index contributed by atoms with van der Waals surface area (Å²) in [6, 6.07) is 7.59. The number of rotatable bonds is 1. The summed E-state index contributed by atoms with van der Waals surface area (Å²) in [5.74, 6) is 5.48. The minimum absolute atomic E-state index is 0.231. The van der Waals surface area contributed by atoms with Crippen molar-refractivity contribution in [2.75, 3.05) is 0 Å². The Balaban J connectivity index is 2.40. The Hall–Kier alpha value is -2.21. The third-order valence-corrected chi connectivity index (χ3v) is 1.85. The Bertz CT molecular complexity index is 552. The highest BCUT2D eigenvalue weighted by Crippen LogP contribution is 2.07. The summed E-state index contributed by atoms with van der Waals surface area (Å²) in [5.41, 5.74) is 2.25. The zero-order chi connectivity index (χ0) is 10.5. The molecule has 0 fully saturated rings. The van der Waals surface area contributed by atoms with Crippen LogP contribution in [0.2, 0.25) is 0 Å². The molecule has 1 aromatic heterocycles. The molecule has 0 radical (unpaired) electrons. The van der Waals surface area contributed by atoms with Gasteiger partial charge in [-0.1, -0.05) is 18.1 Å². The predicted octanol–water partition coefficient (Wildman–Crippen LogP) is 1.57. The number of hydrogen-bond donors (Lipinski definition) is 0. The molecule has 15 heavy (non-hydrogen) atoms. The van der Waals surface area contributed by atoms with Gasteiger partial charge in [0.15, 0.2) is 0 Å². The van der Waals surface area contributed by atoms with Gasteiger partial charge in [0, 0.05) is 0 Å². The van der Waals surface area contributed by atoms with Crippen molar-refractivity contribution < 1.29 is 4.79 Å². The van der Waals surface area contributed by atoms with Crippen LogP contribution in [-0.2, 0) is 4.79 Å². The predicted molar refractivity (Wildman–Crippen MR) is 57.1 cm³/mol. The Kier molecular flexibility index (Phi) is 2.70. The smallest absolute Gasteiger partial charge is 0.132 e. The van der Waals surface area contributed by atoms with Gasteiger partial charge < -0.3 is 4.79 Å². The molecule has 0 aliphatic rings. The van der Waals surface area contributed by atoms with Crippen molar-refractivity contribution in [1.82, 2.24) is 9.97 Å². The number of benzene rings is 1. The van der Waals surface area contributed by atoms with Crippen molar-refractivity contribution in [3.8, 4) is 11.8 Å². The molecule has 1 heterocycles. The van der Waals surface area contributed by atoms with Gasteiger partial charge in [-0.3, -0.25) is 4.98 Å². The maximum atomic E-state index is 10.1.